The number of hydrogen-bond acceptors (Lipinski definition) is 4. The van der Waals surface area contributed by atoms with Crippen LogP contribution < -0.4 is 18.9 Å². The molecule has 0 N–H and O–H groups in total. The van der Waals surface area contributed by atoms with Gasteiger partial charge in [-0.2, -0.15) is 0 Å². The fourth-order valence-electron chi connectivity index (χ4n) is 2.79. The van der Waals surface area contributed by atoms with Crippen molar-refractivity contribution in [2.75, 3.05) is 28.4 Å². The van der Waals surface area contributed by atoms with E-state index in [1.807, 2.05) is 24.3 Å². The normalized spacial score (nSPS) is 11.9. The van der Waals surface area contributed by atoms with Gasteiger partial charge in [-0.1, -0.05) is 30.9 Å². The van der Waals surface area contributed by atoms with Gasteiger partial charge in [-0.3, -0.25) is 0 Å². The predicted octanol–water partition coefficient (Wildman–Crippen LogP) is 5.14. The number of benzene rings is 2. The minimum absolute atomic E-state index is 0.775. The third-order valence-electron chi connectivity index (χ3n) is 4.21. The first-order valence-electron chi connectivity index (χ1n) is 8.50. The van der Waals surface area contributed by atoms with Gasteiger partial charge in [0.05, 0.1) is 36.5 Å². The van der Waals surface area contributed by atoms with Gasteiger partial charge in [-0.15, -0.1) is 0 Å². The van der Waals surface area contributed by atoms with Gasteiger partial charge < -0.3 is 18.9 Å². The van der Waals surface area contributed by atoms with Gasteiger partial charge in [0.1, 0.15) is 23.0 Å². The third-order valence-corrected chi connectivity index (χ3v) is 6.26. The third kappa shape index (κ3) is 4.61. The van der Waals surface area contributed by atoms with Gasteiger partial charge >= 0.3 is 0 Å². The lowest BCUT2D eigenvalue weighted by atomic mass is 10.1. The molecule has 0 saturated heterocycles. The zero-order chi connectivity index (χ0) is 19.3. The van der Waals surface area contributed by atoms with Gasteiger partial charge in [-0.25, -0.2) is 0 Å². The van der Waals surface area contributed by atoms with E-state index < -0.39 is 8.07 Å². The Hall–Kier alpha value is -2.40. The van der Waals surface area contributed by atoms with Crippen molar-refractivity contribution in [3.05, 3.63) is 47.5 Å². The van der Waals surface area contributed by atoms with Crippen molar-refractivity contribution in [2.45, 2.75) is 19.6 Å². The van der Waals surface area contributed by atoms with Crippen LogP contribution in [0.1, 0.15) is 11.1 Å². The Balaban J connectivity index is 2.65. The van der Waals surface area contributed by atoms with Crippen LogP contribution >= 0.6 is 0 Å². The molecule has 0 saturated carbocycles. The van der Waals surface area contributed by atoms with Crippen LogP contribution in [0.2, 0.25) is 19.6 Å². The molecule has 0 unspecified atom stereocenters. The van der Waals surface area contributed by atoms with E-state index in [1.54, 1.807) is 28.4 Å². The maximum absolute atomic E-state index is 5.57. The molecular weight excluding hydrogens is 344 g/mol. The number of methoxy groups -OCH3 is 4. The molecule has 0 heterocycles. The largest absolute Gasteiger partial charge is 0.497 e. The van der Waals surface area contributed by atoms with Crippen LogP contribution in [-0.2, 0) is 0 Å². The van der Waals surface area contributed by atoms with E-state index in [2.05, 4.69) is 37.8 Å². The summed E-state index contributed by atoms with van der Waals surface area (Å²) in [5, 5.41) is 1.29. The second-order valence-corrected chi connectivity index (χ2v) is 12.1. The molecule has 5 heteroatoms. The van der Waals surface area contributed by atoms with E-state index in [1.165, 1.54) is 5.20 Å². The highest BCUT2D eigenvalue weighted by atomic mass is 28.3. The van der Waals surface area contributed by atoms with E-state index >= 15 is 0 Å². The van der Waals surface area contributed by atoms with E-state index in [0.717, 1.165) is 34.1 Å². The SMILES string of the molecule is COc1cc(OC)cc(C(=Cc2ccc(OC)cc2OC)[Si](C)(C)C)c1. The summed E-state index contributed by atoms with van der Waals surface area (Å²) in [5.74, 6) is 3.13. The summed E-state index contributed by atoms with van der Waals surface area (Å²) in [7, 11) is 4.99. The summed E-state index contributed by atoms with van der Waals surface area (Å²) < 4.78 is 21.8. The van der Waals surface area contributed by atoms with Crippen LogP contribution in [0.25, 0.3) is 11.3 Å². The highest BCUT2D eigenvalue weighted by molar-refractivity contribution is 6.94. The van der Waals surface area contributed by atoms with Crippen molar-refractivity contribution in [1.29, 1.82) is 0 Å². The van der Waals surface area contributed by atoms with Crippen molar-refractivity contribution in [1.82, 2.24) is 0 Å². The lowest BCUT2D eigenvalue weighted by Gasteiger charge is -2.23. The van der Waals surface area contributed by atoms with E-state index in [4.69, 9.17) is 18.9 Å². The molecule has 2 rings (SSSR count). The molecule has 0 aliphatic carbocycles. The molecule has 0 amide bonds. The maximum Gasteiger partial charge on any atom is 0.129 e. The second-order valence-electron chi connectivity index (χ2n) is 7.02. The van der Waals surface area contributed by atoms with Crippen LogP contribution in [-0.4, -0.2) is 36.5 Å². The number of ether oxygens (including phenoxy) is 4. The molecule has 140 valence electrons. The highest BCUT2D eigenvalue weighted by Crippen LogP contribution is 2.36. The molecule has 2 aromatic rings. The molecule has 0 aromatic heterocycles. The molecule has 0 bridgehead atoms. The summed E-state index contributed by atoms with van der Waals surface area (Å²) in [6.45, 7) is 6.96. The summed E-state index contributed by atoms with van der Waals surface area (Å²) >= 11 is 0. The van der Waals surface area contributed by atoms with E-state index in [-0.39, 0.29) is 0 Å². The first-order valence-corrected chi connectivity index (χ1v) is 12.0. The zero-order valence-electron chi connectivity index (χ0n) is 16.7. The lowest BCUT2D eigenvalue weighted by Crippen LogP contribution is -2.22. The molecule has 0 fully saturated rings. The monoisotopic (exact) mass is 372 g/mol. The minimum atomic E-state index is -1.68. The van der Waals surface area contributed by atoms with Crippen LogP contribution in [0.4, 0.5) is 0 Å². The quantitative estimate of drug-likeness (QED) is 0.498. The van der Waals surface area contributed by atoms with Crippen molar-refractivity contribution in [2.24, 2.45) is 0 Å². The Morgan fingerprint density at radius 1 is 0.731 bits per heavy atom. The molecule has 0 radical (unpaired) electrons. The molecule has 26 heavy (non-hydrogen) atoms. The standard InChI is InChI=1S/C21H28O4Si/c1-22-17-9-8-15(20(14-17)25-4)12-21(26(5,6)7)16-10-18(23-2)13-19(11-16)24-3/h8-14H,1-7H3. The first kappa shape index (κ1) is 19.9. The molecule has 2 aromatic carbocycles. The fraction of sp³-hybridized carbons (Fsp3) is 0.333. The van der Waals surface area contributed by atoms with Gasteiger partial charge in [0.25, 0.3) is 0 Å². The average molecular weight is 373 g/mol. The minimum Gasteiger partial charge on any atom is -0.497 e. The highest BCUT2D eigenvalue weighted by Gasteiger charge is 2.23. The number of rotatable bonds is 7. The van der Waals surface area contributed by atoms with Crippen LogP contribution in [0.5, 0.6) is 23.0 Å². The van der Waals surface area contributed by atoms with Crippen molar-refractivity contribution in [3.8, 4) is 23.0 Å². The van der Waals surface area contributed by atoms with E-state index in [9.17, 15) is 0 Å². The van der Waals surface area contributed by atoms with Gasteiger partial charge in [0.2, 0.25) is 0 Å². The van der Waals surface area contributed by atoms with Gasteiger partial charge in [0, 0.05) is 17.7 Å². The molecule has 0 aliphatic heterocycles. The van der Waals surface area contributed by atoms with Gasteiger partial charge in [-0.05, 0) is 29.8 Å². The molecule has 0 atom stereocenters. The Morgan fingerprint density at radius 3 is 1.77 bits per heavy atom. The van der Waals surface area contributed by atoms with Crippen molar-refractivity contribution >= 4 is 19.3 Å². The Morgan fingerprint density at radius 2 is 1.31 bits per heavy atom. The molecule has 0 aliphatic rings. The Bertz CT molecular complexity index is 769. The van der Waals surface area contributed by atoms with Crippen LogP contribution in [0.15, 0.2) is 36.4 Å². The summed E-state index contributed by atoms with van der Waals surface area (Å²) in [4.78, 5) is 0. The summed E-state index contributed by atoms with van der Waals surface area (Å²) in [6, 6.07) is 11.9. The topological polar surface area (TPSA) is 36.9 Å². The smallest absolute Gasteiger partial charge is 0.129 e. The Labute approximate surface area is 157 Å². The predicted molar refractivity (Wildman–Crippen MR) is 110 cm³/mol. The molecule has 0 spiro atoms. The maximum atomic E-state index is 5.57. The van der Waals surface area contributed by atoms with Crippen molar-refractivity contribution in [3.63, 3.8) is 0 Å². The van der Waals surface area contributed by atoms with E-state index in [0.29, 0.717) is 0 Å². The fourth-order valence-corrected chi connectivity index (χ4v) is 4.39. The summed E-state index contributed by atoms with van der Waals surface area (Å²) in [6.07, 6.45) is 2.21. The first-order chi connectivity index (χ1) is 12.3. The number of hydrogen-bond donors (Lipinski definition) is 0. The van der Waals surface area contributed by atoms with Crippen LogP contribution in [0, 0.1) is 0 Å². The Kier molecular flexibility index (Phi) is 6.37. The van der Waals surface area contributed by atoms with Crippen LogP contribution in [0.3, 0.4) is 0 Å². The lowest BCUT2D eigenvalue weighted by molar-refractivity contribution is 0.394. The molecule has 4 nitrogen and oxygen atoms in total. The van der Waals surface area contributed by atoms with Crippen molar-refractivity contribution < 1.29 is 18.9 Å². The second kappa shape index (κ2) is 8.32. The molecular formula is C21H28O4Si. The zero-order valence-corrected chi connectivity index (χ0v) is 17.7. The van der Waals surface area contributed by atoms with Gasteiger partial charge in [0.15, 0.2) is 0 Å². The average Bonchev–Trinajstić information content (AvgIpc) is 2.64. The summed E-state index contributed by atoms with van der Waals surface area (Å²) in [5.41, 5.74) is 2.13.